The van der Waals surface area contributed by atoms with Crippen molar-refractivity contribution in [3.05, 3.63) is 95.9 Å². The number of allylic oxidation sites excluding steroid dienone is 1. The quantitative estimate of drug-likeness (QED) is 0.376. The van der Waals surface area contributed by atoms with E-state index >= 15 is 0 Å². The molecule has 1 aliphatic rings. The number of carbonyl (C=O) groups is 1. The first kappa shape index (κ1) is 29.2. The molecule has 0 fully saturated rings. The third kappa shape index (κ3) is 8.25. The molecule has 1 atom stereocenters. The fourth-order valence-corrected chi connectivity index (χ4v) is 3.34. The zero-order valence-corrected chi connectivity index (χ0v) is 21.6. The van der Waals surface area contributed by atoms with E-state index in [-0.39, 0.29) is 22.8 Å². The van der Waals surface area contributed by atoms with Gasteiger partial charge in [0.15, 0.2) is 0 Å². The van der Waals surface area contributed by atoms with E-state index in [2.05, 4.69) is 10.3 Å². The average molecular weight is 540 g/mol. The van der Waals surface area contributed by atoms with Crippen LogP contribution in [0, 0.1) is 0 Å². The van der Waals surface area contributed by atoms with Crippen LogP contribution >= 0.6 is 0 Å². The molecule has 0 saturated heterocycles. The normalized spacial score (nSPS) is 15.4. The largest absolute Gasteiger partial charge is 3.00 e. The maximum Gasteiger partial charge on any atom is 3.00 e. The summed E-state index contributed by atoms with van der Waals surface area (Å²) >= 11 is 0. The Morgan fingerprint density at radius 2 is 1.73 bits per heavy atom. The molecule has 0 bridgehead atoms. The molecule has 3 aromatic rings. The van der Waals surface area contributed by atoms with Crippen LogP contribution in [0.4, 0.5) is 11.4 Å². The van der Waals surface area contributed by atoms with Gasteiger partial charge in [-0.2, -0.15) is 0 Å². The number of fused-ring (bicyclic) bond motifs is 1. The van der Waals surface area contributed by atoms with Crippen molar-refractivity contribution < 1.29 is 46.7 Å². The van der Waals surface area contributed by atoms with Gasteiger partial charge in [-0.05, 0) is 65.3 Å². The van der Waals surface area contributed by atoms with Gasteiger partial charge in [0.1, 0.15) is 11.5 Å². The molecule has 1 N–H and O–H groups in total. The van der Waals surface area contributed by atoms with Crippen molar-refractivity contribution in [2.45, 2.75) is 13.0 Å². The van der Waals surface area contributed by atoms with E-state index in [1.54, 1.807) is 50.8 Å². The summed E-state index contributed by atoms with van der Waals surface area (Å²) in [5.41, 5.74) is 2.30. The molecule has 0 aliphatic heterocycles. The van der Waals surface area contributed by atoms with Crippen molar-refractivity contribution in [3.63, 3.8) is 0 Å². The number of nitrogens with one attached hydrogen (secondary N) is 1. The van der Waals surface area contributed by atoms with Crippen molar-refractivity contribution in [2.24, 2.45) is 4.99 Å². The molecule has 1 aliphatic carbocycles. The number of hydrogen-bond acceptors (Lipinski definition) is 8. The number of aliphatic carboxylic acids is 1. The summed E-state index contributed by atoms with van der Waals surface area (Å²) in [5, 5.41) is 38.6. The second kappa shape index (κ2) is 13.9. The Balaban J connectivity index is 0.000000898. The zero-order valence-electron chi connectivity index (χ0n) is 20.4. The van der Waals surface area contributed by atoms with E-state index in [9.17, 15) is 10.2 Å². The maximum absolute atomic E-state index is 12.3. The van der Waals surface area contributed by atoms with E-state index in [0.29, 0.717) is 34.0 Å². The number of anilines is 1. The van der Waals surface area contributed by atoms with Crippen molar-refractivity contribution in [1.29, 1.82) is 0 Å². The molecule has 1 unspecified atom stereocenters. The summed E-state index contributed by atoms with van der Waals surface area (Å²) in [5.74, 6) is -0.0319. The topological polar surface area (TPSA) is 129 Å². The first-order valence-electron chi connectivity index (χ1n) is 11.0. The van der Waals surface area contributed by atoms with Gasteiger partial charge in [-0.25, -0.2) is 0 Å². The SMILES string of the molecule is CC(=O)[O-].COC1=C/C(=C/Nc2cc3ccccc3cc2N=Cc2cc(OC)ccc2[O-])C([O-])C=C1.[Mn+3]. The number of nitrogens with zero attached hydrogens (tertiary/aromatic N) is 1. The number of hydrogen-bond donors (Lipinski definition) is 1. The van der Waals surface area contributed by atoms with Gasteiger partial charge < -0.3 is 34.9 Å². The summed E-state index contributed by atoms with van der Waals surface area (Å²) in [4.78, 5) is 13.5. The zero-order chi connectivity index (χ0) is 26.1. The minimum atomic E-state index is -1.08. The fourth-order valence-electron chi connectivity index (χ4n) is 3.34. The van der Waals surface area contributed by atoms with Crippen LogP contribution in [0.2, 0.25) is 0 Å². The minimum Gasteiger partial charge on any atom is -0.872 e. The summed E-state index contributed by atoms with van der Waals surface area (Å²) in [7, 11) is 3.11. The van der Waals surface area contributed by atoms with Gasteiger partial charge in [-0.1, -0.05) is 48.3 Å². The van der Waals surface area contributed by atoms with Crippen LogP contribution in [0.1, 0.15) is 12.5 Å². The predicted octanol–water partition coefficient (Wildman–Crippen LogP) is 2.55. The van der Waals surface area contributed by atoms with Gasteiger partial charge in [0.2, 0.25) is 0 Å². The van der Waals surface area contributed by atoms with Crippen molar-refractivity contribution in [3.8, 4) is 11.5 Å². The molecule has 0 aromatic heterocycles. The monoisotopic (exact) mass is 540 g/mol. The van der Waals surface area contributed by atoms with Gasteiger partial charge >= 0.3 is 17.1 Å². The van der Waals surface area contributed by atoms with Crippen LogP contribution in [0.15, 0.2) is 95.3 Å². The Labute approximate surface area is 225 Å². The number of aliphatic imine (C=N–C) groups is 1. The number of carboxylic acid groups (broad SMARTS) is 1. The van der Waals surface area contributed by atoms with Crippen molar-refractivity contribution >= 4 is 34.3 Å². The van der Waals surface area contributed by atoms with Crippen LogP contribution in [-0.2, 0) is 26.6 Å². The van der Waals surface area contributed by atoms with Crippen molar-refractivity contribution in [1.82, 2.24) is 0 Å². The summed E-state index contributed by atoms with van der Waals surface area (Å²) in [6.07, 6.45) is 7.10. The molecule has 0 heterocycles. The summed E-state index contributed by atoms with van der Waals surface area (Å²) in [6, 6.07) is 16.5. The van der Waals surface area contributed by atoms with Gasteiger partial charge in [0, 0.05) is 18.4 Å². The average Bonchev–Trinajstić information content (AvgIpc) is 2.87. The molecule has 0 amide bonds. The van der Waals surface area contributed by atoms with Crippen molar-refractivity contribution in [2.75, 3.05) is 19.5 Å². The summed E-state index contributed by atoms with van der Waals surface area (Å²) < 4.78 is 10.4. The summed E-state index contributed by atoms with van der Waals surface area (Å²) in [6.45, 7) is 0.972. The van der Waals surface area contributed by atoms with Crippen LogP contribution in [-0.4, -0.2) is 32.5 Å². The van der Waals surface area contributed by atoms with E-state index < -0.39 is 12.1 Å². The Hall–Kier alpha value is -4.04. The fraction of sp³-hybridized carbons (Fsp3) is 0.143. The predicted molar refractivity (Wildman–Crippen MR) is 134 cm³/mol. The number of benzene rings is 3. The van der Waals surface area contributed by atoms with Gasteiger partial charge in [0.25, 0.3) is 0 Å². The van der Waals surface area contributed by atoms with Crippen LogP contribution in [0.5, 0.6) is 11.5 Å². The van der Waals surface area contributed by atoms with E-state index in [4.69, 9.17) is 19.4 Å². The Bertz CT molecular complexity index is 1360. The van der Waals surface area contributed by atoms with E-state index in [1.807, 2.05) is 36.4 Å². The van der Waals surface area contributed by atoms with E-state index in [0.717, 1.165) is 17.7 Å². The molecule has 3 aromatic carbocycles. The number of carboxylic acids is 1. The van der Waals surface area contributed by atoms with Crippen LogP contribution in [0.25, 0.3) is 10.8 Å². The second-order valence-electron chi connectivity index (χ2n) is 7.69. The molecule has 37 heavy (non-hydrogen) atoms. The van der Waals surface area contributed by atoms with Crippen LogP contribution in [0.3, 0.4) is 0 Å². The first-order valence-corrected chi connectivity index (χ1v) is 11.0. The molecule has 0 spiro atoms. The Morgan fingerprint density at radius 1 is 1.05 bits per heavy atom. The standard InChI is InChI=1S/C26H23N2O4.C2H4O2.Mn/c1-31-21-7-9-25(29)19(11-21)15-27-23-13-17-5-3-4-6-18(17)14-24(23)28-16-20-12-22(32-2)8-10-26(20)30;1-2(3)4;/h3-16,25,27,30H,1-2H3;1H3,(H,3,4);/q-1;;+3/p-2/b19-15-,28-16?;;. The third-order valence-electron chi connectivity index (χ3n) is 5.13. The Morgan fingerprint density at radius 3 is 2.38 bits per heavy atom. The van der Waals surface area contributed by atoms with Gasteiger partial charge in [0.05, 0.1) is 25.6 Å². The number of methoxy groups -OCH3 is 2. The van der Waals surface area contributed by atoms with Crippen LogP contribution < -0.4 is 25.4 Å². The minimum absolute atomic E-state index is 0. The molecule has 0 radical (unpaired) electrons. The number of carbonyl (C=O) groups excluding carboxylic acids is 1. The molecule has 0 saturated carbocycles. The smallest absolute Gasteiger partial charge is 0.872 e. The van der Waals surface area contributed by atoms with Gasteiger partial charge in [-0.15, -0.1) is 0 Å². The molecule has 9 heteroatoms. The first-order chi connectivity index (χ1) is 17.3. The van der Waals surface area contributed by atoms with E-state index in [1.165, 1.54) is 12.3 Å². The second-order valence-corrected chi connectivity index (χ2v) is 7.69. The molecule has 4 rings (SSSR count). The third-order valence-corrected chi connectivity index (χ3v) is 5.13. The molecule has 8 nitrogen and oxygen atoms in total. The number of rotatable bonds is 6. The maximum atomic E-state index is 12.3. The molecule has 190 valence electrons. The Kier molecular flexibility index (Phi) is 11.0. The molecular formula is C28H25MnN2O6. The number of ether oxygens (including phenoxy) is 2. The molecular weight excluding hydrogens is 515 g/mol. The van der Waals surface area contributed by atoms with Gasteiger partial charge in [-0.3, -0.25) is 4.99 Å².